The van der Waals surface area contributed by atoms with Crippen molar-refractivity contribution in [2.45, 2.75) is 23.3 Å². The topological polar surface area (TPSA) is 146 Å². The van der Waals surface area contributed by atoms with Crippen LogP contribution in [0, 0.1) is 18.3 Å². The predicted octanol–water partition coefficient (Wildman–Crippen LogP) is 3.90. The van der Waals surface area contributed by atoms with Crippen LogP contribution >= 0.6 is 11.3 Å². The van der Waals surface area contributed by atoms with E-state index >= 15 is 0 Å². The minimum absolute atomic E-state index is 0.0368. The summed E-state index contributed by atoms with van der Waals surface area (Å²) in [5.41, 5.74) is 1.94. The normalized spacial score (nSPS) is 13.5. The SMILES string of the molecule is Cc1c(C(=O)N(N)Cc2cnc(-c3ccc(C#N)cc3)s2)ccc2c1NC(=O)c1ccccc1S2(=O)=O. The molecule has 0 aliphatic carbocycles. The lowest BCUT2D eigenvalue weighted by molar-refractivity contribution is 0.0743. The number of nitriles is 1. The Hall–Kier alpha value is -4.37. The van der Waals surface area contributed by atoms with Gasteiger partial charge in [0.25, 0.3) is 11.8 Å². The number of nitrogens with one attached hydrogen (secondary N) is 1. The van der Waals surface area contributed by atoms with Crippen molar-refractivity contribution in [3.8, 4) is 16.6 Å². The Morgan fingerprint density at radius 2 is 1.84 bits per heavy atom. The zero-order valence-corrected chi connectivity index (χ0v) is 21.1. The Labute approximate surface area is 216 Å². The Morgan fingerprint density at radius 3 is 2.57 bits per heavy atom. The summed E-state index contributed by atoms with van der Waals surface area (Å²) in [6, 6.07) is 17.8. The molecule has 37 heavy (non-hydrogen) atoms. The predicted molar refractivity (Wildman–Crippen MR) is 137 cm³/mol. The van der Waals surface area contributed by atoms with E-state index in [0.29, 0.717) is 16.1 Å². The molecule has 0 radical (unpaired) electrons. The molecule has 0 spiro atoms. The molecule has 0 saturated carbocycles. The number of hydrogen-bond donors (Lipinski definition) is 2. The van der Waals surface area contributed by atoms with Crippen LogP contribution in [0.4, 0.5) is 5.69 Å². The molecule has 9 nitrogen and oxygen atoms in total. The third-order valence-electron chi connectivity index (χ3n) is 6.01. The maximum absolute atomic E-state index is 13.3. The van der Waals surface area contributed by atoms with Gasteiger partial charge in [-0.3, -0.25) is 14.6 Å². The Balaban J connectivity index is 1.42. The molecule has 0 atom stereocenters. The highest BCUT2D eigenvalue weighted by atomic mass is 32.2. The summed E-state index contributed by atoms with van der Waals surface area (Å²) in [6.45, 7) is 1.64. The lowest BCUT2D eigenvalue weighted by atomic mass is 10.1. The van der Waals surface area contributed by atoms with Crippen LogP contribution in [-0.2, 0) is 16.4 Å². The maximum Gasteiger partial charge on any atom is 0.268 e. The summed E-state index contributed by atoms with van der Waals surface area (Å²) >= 11 is 1.36. The molecule has 3 aromatic carbocycles. The monoisotopic (exact) mass is 529 g/mol. The summed E-state index contributed by atoms with van der Waals surface area (Å²) in [7, 11) is -4.00. The van der Waals surface area contributed by atoms with Crippen LogP contribution in [-0.4, -0.2) is 30.2 Å². The van der Waals surface area contributed by atoms with E-state index < -0.39 is 21.7 Å². The first-order chi connectivity index (χ1) is 17.7. The van der Waals surface area contributed by atoms with Gasteiger partial charge in [-0.1, -0.05) is 24.3 Å². The number of nitrogens with zero attached hydrogens (tertiary/aromatic N) is 3. The molecule has 184 valence electrons. The van der Waals surface area contributed by atoms with Crippen LogP contribution in [0.3, 0.4) is 0 Å². The highest BCUT2D eigenvalue weighted by molar-refractivity contribution is 7.91. The molecule has 2 amide bonds. The molecular formula is C26H19N5O4S2. The van der Waals surface area contributed by atoms with E-state index in [-0.39, 0.29) is 33.2 Å². The number of rotatable bonds is 4. The molecule has 2 heterocycles. The number of benzene rings is 3. The van der Waals surface area contributed by atoms with Crippen LogP contribution in [0.1, 0.15) is 36.7 Å². The number of sulfone groups is 1. The molecule has 5 rings (SSSR count). The molecular weight excluding hydrogens is 510 g/mol. The average Bonchev–Trinajstić information content (AvgIpc) is 3.34. The van der Waals surface area contributed by atoms with E-state index in [0.717, 1.165) is 15.4 Å². The number of aromatic nitrogens is 1. The summed E-state index contributed by atoms with van der Waals surface area (Å²) in [5, 5.41) is 13.4. The second-order valence-electron chi connectivity index (χ2n) is 8.32. The van der Waals surface area contributed by atoms with Crippen LogP contribution in [0.15, 0.2) is 76.7 Å². The van der Waals surface area contributed by atoms with Gasteiger partial charge in [0, 0.05) is 22.2 Å². The molecule has 0 unspecified atom stereocenters. The number of amides is 2. The Morgan fingerprint density at radius 1 is 1.11 bits per heavy atom. The van der Waals surface area contributed by atoms with Crippen molar-refractivity contribution in [3.63, 3.8) is 0 Å². The fourth-order valence-corrected chi connectivity index (χ4v) is 6.66. The van der Waals surface area contributed by atoms with Gasteiger partial charge >= 0.3 is 0 Å². The maximum atomic E-state index is 13.3. The number of nitrogens with two attached hydrogens (primary N) is 1. The molecule has 0 fully saturated rings. The fraction of sp³-hybridized carbons (Fsp3) is 0.0769. The van der Waals surface area contributed by atoms with Crippen LogP contribution in [0.5, 0.6) is 0 Å². The first kappa shape index (κ1) is 24.3. The third-order valence-corrected chi connectivity index (χ3v) is 8.89. The van der Waals surface area contributed by atoms with E-state index in [1.54, 1.807) is 49.5 Å². The Kier molecular flexibility index (Phi) is 6.08. The van der Waals surface area contributed by atoms with Crippen molar-refractivity contribution in [2.24, 2.45) is 5.84 Å². The molecule has 0 saturated heterocycles. The summed E-state index contributed by atoms with van der Waals surface area (Å²) in [5.74, 6) is 5.00. The van der Waals surface area contributed by atoms with Crippen molar-refractivity contribution >= 4 is 38.7 Å². The van der Waals surface area contributed by atoms with Gasteiger partial charge < -0.3 is 5.32 Å². The van der Waals surface area contributed by atoms with Gasteiger partial charge in [-0.25, -0.2) is 19.2 Å². The first-order valence-corrected chi connectivity index (χ1v) is 13.3. The molecule has 3 N–H and O–H groups in total. The third kappa shape index (κ3) is 4.27. The van der Waals surface area contributed by atoms with Crippen LogP contribution in [0.25, 0.3) is 10.6 Å². The van der Waals surface area contributed by atoms with Crippen LogP contribution < -0.4 is 11.2 Å². The van der Waals surface area contributed by atoms with E-state index in [1.165, 1.54) is 35.6 Å². The average molecular weight is 530 g/mol. The molecule has 11 heteroatoms. The Bertz CT molecular complexity index is 1720. The van der Waals surface area contributed by atoms with E-state index in [1.807, 2.05) is 0 Å². The second-order valence-corrected chi connectivity index (χ2v) is 11.3. The summed E-state index contributed by atoms with van der Waals surface area (Å²) in [4.78, 5) is 31.0. The van der Waals surface area contributed by atoms with E-state index in [9.17, 15) is 18.0 Å². The fourth-order valence-electron chi connectivity index (χ4n) is 4.08. The van der Waals surface area contributed by atoms with Crippen molar-refractivity contribution in [1.82, 2.24) is 9.99 Å². The smallest absolute Gasteiger partial charge is 0.268 e. The quantitative estimate of drug-likeness (QED) is 0.231. The van der Waals surface area contributed by atoms with Gasteiger partial charge in [-0.2, -0.15) is 5.26 Å². The van der Waals surface area contributed by atoms with Crippen molar-refractivity contribution in [1.29, 1.82) is 5.26 Å². The lowest BCUT2D eigenvalue weighted by Crippen LogP contribution is -2.37. The summed E-state index contributed by atoms with van der Waals surface area (Å²) in [6.07, 6.45) is 1.62. The highest BCUT2D eigenvalue weighted by Gasteiger charge is 2.33. The largest absolute Gasteiger partial charge is 0.320 e. The zero-order chi connectivity index (χ0) is 26.3. The minimum Gasteiger partial charge on any atom is -0.320 e. The zero-order valence-electron chi connectivity index (χ0n) is 19.4. The van der Waals surface area contributed by atoms with Crippen molar-refractivity contribution in [3.05, 3.63) is 94.0 Å². The first-order valence-electron chi connectivity index (χ1n) is 11.0. The molecule has 4 aromatic rings. The number of fused-ring (bicyclic) bond motifs is 2. The van der Waals surface area contributed by atoms with Gasteiger partial charge in [0.1, 0.15) is 5.01 Å². The van der Waals surface area contributed by atoms with Gasteiger partial charge in [-0.05, 0) is 48.9 Å². The number of hydrogen-bond acceptors (Lipinski definition) is 8. The van der Waals surface area contributed by atoms with Gasteiger partial charge in [-0.15, -0.1) is 11.3 Å². The molecule has 0 bridgehead atoms. The number of thiazole rings is 1. The summed E-state index contributed by atoms with van der Waals surface area (Å²) < 4.78 is 26.6. The van der Waals surface area contributed by atoms with Gasteiger partial charge in [0.05, 0.1) is 39.2 Å². The number of anilines is 1. The number of hydrazine groups is 1. The standard InChI is InChI=1S/C26H19N5O4S2/c1-15-19(10-11-22-23(15)30-24(32)20-4-2-3-5-21(20)37(22,34)35)26(33)31(28)14-18-13-29-25(36-18)17-8-6-16(12-27)7-9-17/h2-11,13H,14,28H2,1H3,(H,30,32). The second kappa shape index (κ2) is 9.25. The van der Waals surface area contributed by atoms with Crippen molar-refractivity contribution in [2.75, 3.05) is 5.32 Å². The minimum atomic E-state index is -4.00. The van der Waals surface area contributed by atoms with E-state index in [2.05, 4.69) is 16.4 Å². The lowest BCUT2D eigenvalue weighted by Gasteiger charge is -2.19. The van der Waals surface area contributed by atoms with Gasteiger partial charge in [0.15, 0.2) is 0 Å². The van der Waals surface area contributed by atoms with Gasteiger partial charge in [0.2, 0.25) is 9.84 Å². The highest BCUT2D eigenvalue weighted by Crippen LogP contribution is 2.37. The number of carbonyl (C=O) groups is 2. The molecule has 1 aromatic heterocycles. The molecule has 1 aliphatic rings. The van der Waals surface area contributed by atoms with Crippen LogP contribution in [0.2, 0.25) is 0 Å². The van der Waals surface area contributed by atoms with Crippen molar-refractivity contribution < 1.29 is 18.0 Å². The number of carbonyl (C=O) groups excluding carboxylic acids is 2. The van der Waals surface area contributed by atoms with E-state index in [4.69, 9.17) is 11.1 Å². The molecule has 1 aliphatic heterocycles.